The number of hydrogen-bond donors (Lipinski definition) is 1. The summed E-state index contributed by atoms with van der Waals surface area (Å²) in [7, 11) is 0. The molecule has 1 N–H and O–H groups in total. The Bertz CT molecular complexity index is 990. The number of aliphatic hydroxyl groups excluding tert-OH is 1. The number of pyridine rings is 1. The third-order valence-corrected chi connectivity index (χ3v) is 6.26. The first-order chi connectivity index (χ1) is 14.5. The number of aromatic nitrogens is 2. The monoisotopic (exact) mass is 403 g/mol. The highest BCUT2D eigenvalue weighted by Gasteiger charge is 2.30. The van der Waals surface area contributed by atoms with Crippen LogP contribution in [0.25, 0.3) is 0 Å². The van der Waals surface area contributed by atoms with E-state index >= 15 is 0 Å². The Labute approximate surface area is 178 Å². The van der Waals surface area contributed by atoms with Crippen LogP contribution < -0.4 is 0 Å². The minimum Gasteiger partial charge on any atom is -0.388 e. The Hall–Kier alpha value is -2.92. The lowest BCUT2D eigenvalue weighted by molar-refractivity contribution is 0.0462. The van der Waals surface area contributed by atoms with Crippen molar-refractivity contribution in [3.05, 3.63) is 89.0 Å². The molecule has 3 aromatic rings. The first kappa shape index (κ1) is 20.4. The van der Waals surface area contributed by atoms with Crippen molar-refractivity contribution in [3.8, 4) is 0 Å². The van der Waals surface area contributed by atoms with Gasteiger partial charge in [0, 0.05) is 30.7 Å². The highest BCUT2D eigenvalue weighted by molar-refractivity contribution is 5.95. The van der Waals surface area contributed by atoms with Crippen LogP contribution in [0, 0.1) is 19.8 Å². The van der Waals surface area contributed by atoms with E-state index in [4.69, 9.17) is 0 Å². The van der Waals surface area contributed by atoms with Gasteiger partial charge in [-0.1, -0.05) is 36.4 Å². The number of aryl methyl sites for hydroxylation is 1. The zero-order valence-electron chi connectivity index (χ0n) is 17.7. The van der Waals surface area contributed by atoms with Crippen LogP contribution in [0.1, 0.15) is 51.9 Å². The van der Waals surface area contributed by atoms with E-state index in [0.29, 0.717) is 19.6 Å². The summed E-state index contributed by atoms with van der Waals surface area (Å²) >= 11 is 0. The maximum atomic E-state index is 13.2. The topological polar surface area (TPSA) is 58.4 Å². The zero-order chi connectivity index (χ0) is 21.1. The minimum absolute atomic E-state index is 0.0861. The SMILES string of the molecule is Cc1cc(C(=O)N2CCC(C(O)c3ccccc3)CC2)c(C)n1Cc1ccccn1. The van der Waals surface area contributed by atoms with Crippen molar-refractivity contribution in [1.29, 1.82) is 0 Å². The van der Waals surface area contributed by atoms with Crippen molar-refractivity contribution < 1.29 is 9.90 Å². The summed E-state index contributed by atoms with van der Waals surface area (Å²) in [5, 5.41) is 10.7. The van der Waals surface area contributed by atoms with E-state index in [1.807, 2.05) is 73.3 Å². The van der Waals surface area contributed by atoms with E-state index in [9.17, 15) is 9.90 Å². The van der Waals surface area contributed by atoms with Gasteiger partial charge in [-0.3, -0.25) is 9.78 Å². The minimum atomic E-state index is -0.466. The predicted octanol–water partition coefficient (Wildman–Crippen LogP) is 4.13. The molecule has 1 aromatic carbocycles. The van der Waals surface area contributed by atoms with Gasteiger partial charge in [0.2, 0.25) is 0 Å². The normalized spacial score (nSPS) is 15.9. The number of carbonyl (C=O) groups excluding carboxylic acids is 1. The Kier molecular flexibility index (Phi) is 6.00. The lowest BCUT2D eigenvalue weighted by atomic mass is 9.87. The van der Waals surface area contributed by atoms with Gasteiger partial charge < -0.3 is 14.6 Å². The molecule has 156 valence electrons. The van der Waals surface area contributed by atoms with Gasteiger partial charge in [-0.15, -0.1) is 0 Å². The van der Waals surface area contributed by atoms with E-state index in [1.54, 1.807) is 6.20 Å². The molecular weight excluding hydrogens is 374 g/mol. The summed E-state index contributed by atoms with van der Waals surface area (Å²) in [5.74, 6) is 0.274. The van der Waals surface area contributed by atoms with Crippen LogP contribution in [-0.4, -0.2) is 38.6 Å². The molecule has 5 heteroatoms. The molecule has 1 unspecified atom stereocenters. The van der Waals surface area contributed by atoms with Gasteiger partial charge in [-0.25, -0.2) is 0 Å². The maximum Gasteiger partial charge on any atom is 0.255 e. The summed E-state index contributed by atoms with van der Waals surface area (Å²) in [6.07, 6.45) is 2.96. The fourth-order valence-corrected chi connectivity index (χ4v) is 4.43. The molecule has 5 nitrogen and oxygen atoms in total. The van der Waals surface area contributed by atoms with E-state index in [0.717, 1.165) is 41.1 Å². The number of likely N-dealkylation sites (tertiary alicyclic amines) is 1. The van der Waals surface area contributed by atoms with Gasteiger partial charge in [0.1, 0.15) is 0 Å². The molecule has 0 aliphatic carbocycles. The molecule has 0 radical (unpaired) electrons. The molecule has 3 heterocycles. The number of rotatable bonds is 5. The van der Waals surface area contributed by atoms with Crippen molar-refractivity contribution in [2.45, 2.75) is 39.3 Å². The van der Waals surface area contributed by atoms with Crippen LogP contribution in [0.5, 0.6) is 0 Å². The van der Waals surface area contributed by atoms with Crippen molar-refractivity contribution in [3.63, 3.8) is 0 Å². The smallest absolute Gasteiger partial charge is 0.255 e. The third kappa shape index (κ3) is 4.17. The maximum absolute atomic E-state index is 13.2. The number of carbonyl (C=O) groups is 1. The molecule has 30 heavy (non-hydrogen) atoms. The van der Waals surface area contributed by atoms with Crippen LogP contribution in [0.15, 0.2) is 60.8 Å². The Morgan fingerprint density at radius 1 is 1.10 bits per heavy atom. The quantitative estimate of drug-likeness (QED) is 0.697. The molecule has 0 spiro atoms. The molecule has 0 saturated carbocycles. The molecule has 1 aliphatic rings. The molecule has 1 aliphatic heterocycles. The summed E-state index contributed by atoms with van der Waals surface area (Å²) in [6, 6.07) is 17.7. The van der Waals surface area contributed by atoms with Gasteiger partial charge >= 0.3 is 0 Å². The number of nitrogens with zero attached hydrogens (tertiary/aromatic N) is 3. The molecule has 1 fully saturated rings. The van der Waals surface area contributed by atoms with E-state index in [2.05, 4.69) is 9.55 Å². The number of amides is 1. The highest BCUT2D eigenvalue weighted by Crippen LogP contribution is 2.31. The standard InChI is InChI=1S/C25H29N3O2/c1-18-16-23(19(2)28(18)17-22-10-6-7-13-26-22)25(30)27-14-11-21(12-15-27)24(29)20-8-4-3-5-9-20/h3-10,13,16,21,24,29H,11-12,14-15,17H2,1-2H3. The van der Waals surface area contributed by atoms with Gasteiger partial charge in [-0.05, 0) is 56.4 Å². The van der Waals surface area contributed by atoms with Gasteiger partial charge in [0.05, 0.1) is 23.9 Å². The second-order valence-corrected chi connectivity index (χ2v) is 8.18. The van der Waals surface area contributed by atoms with Crippen LogP contribution in [-0.2, 0) is 6.54 Å². The number of piperidine rings is 1. The summed E-state index contributed by atoms with van der Waals surface area (Å²) in [6.45, 7) is 6.07. The molecule has 1 saturated heterocycles. The number of hydrogen-bond acceptors (Lipinski definition) is 3. The van der Waals surface area contributed by atoms with Crippen LogP contribution in [0.3, 0.4) is 0 Å². The van der Waals surface area contributed by atoms with Crippen molar-refractivity contribution in [2.24, 2.45) is 5.92 Å². The Balaban J connectivity index is 1.43. The lowest BCUT2D eigenvalue weighted by Crippen LogP contribution is -2.40. The van der Waals surface area contributed by atoms with Crippen LogP contribution >= 0.6 is 0 Å². The predicted molar refractivity (Wildman–Crippen MR) is 117 cm³/mol. The van der Waals surface area contributed by atoms with Gasteiger partial charge in [0.15, 0.2) is 0 Å². The summed E-state index contributed by atoms with van der Waals surface area (Å²) < 4.78 is 2.15. The largest absolute Gasteiger partial charge is 0.388 e. The Morgan fingerprint density at radius 3 is 2.47 bits per heavy atom. The van der Waals surface area contributed by atoms with Crippen molar-refractivity contribution in [1.82, 2.24) is 14.5 Å². The Morgan fingerprint density at radius 2 is 1.80 bits per heavy atom. The van der Waals surface area contributed by atoms with Gasteiger partial charge in [-0.2, -0.15) is 0 Å². The molecule has 4 rings (SSSR count). The van der Waals surface area contributed by atoms with Crippen LogP contribution in [0.2, 0.25) is 0 Å². The first-order valence-corrected chi connectivity index (χ1v) is 10.6. The average molecular weight is 404 g/mol. The fraction of sp³-hybridized carbons (Fsp3) is 0.360. The van der Waals surface area contributed by atoms with Crippen LogP contribution in [0.4, 0.5) is 0 Å². The molecule has 1 amide bonds. The molecular formula is C25H29N3O2. The first-order valence-electron chi connectivity index (χ1n) is 10.6. The fourth-order valence-electron chi connectivity index (χ4n) is 4.43. The molecule has 1 atom stereocenters. The molecule has 2 aromatic heterocycles. The zero-order valence-corrected chi connectivity index (χ0v) is 17.7. The average Bonchev–Trinajstić information content (AvgIpc) is 3.08. The van der Waals surface area contributed by atoms with E-state index in [-0.39, 0.29) is 11.8 Å². The second kappa shape index (κ2) is 8.84. The summed E-state index contributed by atoms with van der Waals surface area (Å²) in [4.78, 5) is 19.6. The van der Waals surface area contributed by atoms with E-state index in [1.165, 1.54) is 0 Å². The lowest BCUT2D eigenvalue weighted by Gasteiger charge is -2.34. The van der Waals surface area contributed by atoms with E-state index < -0.39 is 6.10 Å². The highest BCUT2D eigenvalue weighted by atomic mass is 16.3. The third-order valence-electron chi connectivity index (χ3n) is 6.26. The van der Waals surface area contributed by atoms with Gasteiger partial charge in [0.25, 0.3) is 5.91 Å². The number of aliphatic hydroxyl groups is 1. The molecule has 0 bridgehead atoms. The number of benzene rings is 1. The summed E-state index contributed by atoms with van der Waals surface area (Å²) in [5.41, 5.74) is 4.75. The second-order valence-electron chi connectivity index (χ2n) is 8.18. The van der Waals surface area contributed by atoms with Crippen molar-refractivity contribution >= 4 is 5.91 Å². The van der Waals surface area contributed by atoms with Crippen molar-refractivity contribution in [2.75, 3.05) is 13.1 Å².